The van der Waals surface area contributed by atoms with Gasteiger partial charge in [0.05, 0.1) is 12.8 Å². The summed E-state index contributed by atoms with van der Waals surface area (Å²) in [5.41, 5.74) is 1.05. The molecule has 2 rings (SSSR count). The van der Waals surface area contributed by atoms with Crippen molar-refractivity contribution >= 4 is 11.6 Å². The zero-order valence-electron chi connectivity index (χ0n) is 11.6. The van der Waals surface area contributed by atoms with Crippen LogP contribution in [0, 0.1) is 11.3 Å². The summed E-state index contributed by atoms with van der Waals surface area (Å²) < 4.78 is 5.33. The quantitative estimate of drug-likeness (QED) is 0.803. The molecular weight excluding hydrogens is 226 g/mol. The van der Waals surface area contributed by atoms with Crippen molar-refractivity contribution < 1.29 is 9.53 Å². The molecular formula is C15H21NO2. The Bertz CT molecular complexity index is 448. The van der Waals surface area contributed by atoms with Crippen LogP contribution in [-0.4, -0.2) is 19.6 Å². The Morgan fingerprint density at radius 2 is 1.94 bits per heavy atom. The molecule has 3 nitrogen and oxygen atoms in total. The van der Waals surface area contributed by atoms with Gasteiger partial charge in [-0.2, -0.15) is 0 Å². The summed E-state index contributed by atoms with van der Waals surface area (Å²) in [5.74, 6) is 1.36. The molecule has 1 fully saturated rings. The summed E-state index contributed by atoms with van der Waals surface area (Å²) in [6, 6.07) is 7.70. The van der Waals surface area contributed by atoms with Crippen LogP contribution >= 0.6 is 0 Å². The lowest BCUT2D eigenvalue weighted by Gasteiger charge is -2.26. The maximum absolute atomic E-state index is 12.2. The Kier molecular flexibility index (Phi) is 3.33. The van der Waals surface area contributed by atoms with Crippen LogP contribution in [0.4, 0.5) is 5.69 Å². The Morgan fingerprint density at radius 1 is 1.28 bits per heavy atom. The number of ether oxygens (including phenoxy) is 1. The minimum Gasteiger partial charge on any atom is -0.495 e. The van der Waals surface area contributed by atoms with Gasteiger partial charge in [-0.3, -0.25) is 4.79 Å². The number of nitrogens with zero attached hydrogens (tertiary/aromatic N) is 1. The number of methoxy groups -OCH3 is 1. The van der Waals surface area contributed by atoms with Gasteiger partial charge in [0.1, 0.15) is 5.75 Å². The third-order valence-electron chi connectivity index (χ3n) is 3.73. The molecule has 3 heteroatoms. The van der Waals surface area contributed by atoms with Crippen LogP contribution in [0.1, 0.15) is 27.2 Å². The van der Waals surface area contributed by atoms with Crippen molar-refractivity contribution in [2.45, 2.75) is 27.2 Å². The average Bonchev–Trinajstić information content (AvgIpc) is 2.71. The maximum Gasteiger partial charge on any atom is 0.227 e. The van der Waals surface area contributed by atoms with E-state index in [9.17, 15) is 4.79 Å². The van der Waals surface area contributed by atoms with Gasteiger partial charge in [-0.05, 0) is 23.5 Å². The Labute approximate surface area is 109 Å². The van der Waals surface area contributed by atoms with Crippen molar-refractivity contribution in [1.29, 1.82) is 0 Å². The molecule has 1 heterocycles. The minimum absolute atomic E-state index is 0.159. The standard InChI is InChI=1S/C15H21NO2/c1-15(2,3)11-9-14(17)16(10-11)12-7-5-6-8-13(12)18-4/h5-8,11H,9-10H2,1-4H3. The molecule has 1 unspecified atom stereocenters. The zero-order valence-corrected chi connectivity index (χ0v) is 11.6. The van der Waals surface area contributed by atoms with Gasteiger partial charge in [0, 0.05) is 13.0 Å². The molecule has 1 aromatic carbocycles. The lowest BCUT2D eigenvalue weighted by atomic mass is 9.80. The maximum atomic E-state index is 12.2. The molecule has 0 spiro atoms. The molecule has 1 aliphatic heterocycles. The Hall–Kier alpha value is -1.51. The molecule has 1 aromatic rings. The third kappa shape index (κ3) is 2.35. The van der Waals surface area contributed by atoms with Crippen molar-refractivity contribution in [3.63, 3.8) is 0 Å². The fourth-order valence-electron chi connectivity index (χ4n) is 2.37. The minimum atomic E-state index is 0.159. The second kappa shape index (κ2) is 4.63. The molecule has 18 heavy (non-hydrogen) atoms. The molecule has 0 aliphatic carbocycles. The molecule has 1 saturated heterocycles. The largest absolute Gasteiger partial charge is 0.495 e. The van der Waals surface area contributed by atoms with E-state index >= 15 is 0 Å². The molecule has 0 aromatic heterocycles. The molecule has 0 saturated carbocycles. The van der Waals surface area contributed by atoms with Crippen molar-refractivity contribution in [3.8, 4) is 5.75 Å². The number of anilines is 1. The number of para-hydroxylation sites is 2. The van der Waals surface area contributed by atoms with Crippen LogP contribution in [0.25, 0.3) is 0 Å². The predicted molar refractivity (Wildman–Crippen MR) is 72.9 cm³/mol. The lowest BCUT2D eigenvalue weighted by molar-refractivity contribution is -0.117. The van der Waals surface area contributed by atoms with Gasteiger partial charge < -0.3 is 9.64 Å². The van der Waals surface area contributed by atoms with Crippen LogP contribution in [0.5, 0.6) is 5.75 Å². The van der Waals surface area contributed by atoms with Gasteiger partial charge in [0.25, 0.3) is 0 Å². The smallest absolute Gasteiger partial charge is 0.227 e. The van der Waals surface area contributed by atoms with E-state index in [1.54, 1.807) is 7.11 Å². The van der Waals surface area contributed by atoms with Crippen LogP contribution in [0.15, 0.2) is 24.3 Å². The van der Waals surface area contributed by atoms with E-state index in [-0.39, 0.29) is 11.3 Å². The van der Waals surface area contributed by atoms with E-state index in [0.29, 0.717) is 12.3 Å². The first-order chi connectivity index (χ1) is 8.43. The number of carbonyl (C=O) groups excluding carboxylic acids is 1. The topological polar surface area (TPSA) is 29.5 Å². The molecule has 1 aliphatic rings. The van der Waals surface area contributed by atoms with E-state index in [1.807, 2.05) is 29.2 Å². The van der Waals surface area contributed by atoms with Gasteiger partial charge >= 0.3 is 0 Å². The van der Waals surface area contributed by atoms with Crippen LogP contribution in [0.2, 0.25) is 0 Å². The molecule has 1 amide bonds. The first-order valence-electron chi connectivity index (χ1n) is 6.37. The Balaban J connectivity index is 2.27. The summed E-state index contributed by atoms with van der Waals surface area (Å²) >= 11 is 0. The van der Waals surface area contributed by atoms with E-state index in [1.165, 1.54) is 0 Å². The van der Waals surface area contributed by atoms with E-state index in [2.05, 4.69) is 20.8 Å². The molecule has 0 bridgehead atoms. The number of rotatable bonds is 2. The summed E-state index contributed by atoms with van der Waals surface area (Å²) in [7, 11) is 1.64. The van der Waals surface area contributed by atoms with Gasteiger partial charge in [-0.1, -0.05) is 32.9 Å². The SMILES string of the molecule is COc1ccccc1N1CC(C(C)(C)C)CC1=O. The van der Waals surface area contributed by atoms with Crippen LogP contribution in [0.3, 0.4) is 0 Å². The highest BCUT2D eigenvalue weighted by molar-refractivity contribution is 5.97. The first-order valence-corrected chi connectivity index (χ1v) is 6.37. The van der Waals surface area contributed by atoms with Crippen LogP contribution in [-0.2, 0) is 4.79 Å². The van der Waals surface area contributed by atoms with E-state index in [4.69, 9.17) is 4.74 Å². The average molecular weight is 247 g/mol. The van der Waals surface area contributed by atoms with Crippen LogP contribution < -0.4 is 9.64 Å². The monoisotopic (exact) mass is 247 g/mol. The molecule has 0 N–H and O–H groups in total. The highest BCUT2D eigenvalue weighted by atomic mass is 16.5. The van der Waals surface area contributed by atoms with E-state index < -0.39 is 0 Å². The van der Waals surface area contributed by atoms with E-state index in [0.717, 1.165) is 18.0 Å². The molecule has 1 atom stereocenters. The summed E-state index contributed by atoms with van der Waals surface area (Å²) in [5, 5.41) is 0. The number of benzene rings is 1. The second-order valence-corrected chi connectivity index (χ2v) is 5.94. The summed E-state index contributed by atoms with van der Waals surface area (Å²) in [4.78, 5) is 14.0. The fourth-order valence-corrected chi connectivity index (χ4v) is 2.37. The van der Waals surface area contributed by atoms with Gasteiger partial charge in [0.15, 0.2) is 0 Å². The van der Waals surface area contributed by atoms with Crippen molar-refractivity contribution in [1.82, 2.24) is 0 Å². The molecule has 0 radical (unpaired) electrons. The molecule has 98 valence electrons. The van der Waals surface area contributed by atoms with Crippen molar-refractivity contribution in [2.24, 2.45) is 11.3 Å². The van der Waals surface area contributed by atoms with Crippen molar-refractivity contribution in [3.05, 3.63) is 24.3 Å². The second-order valence-electron chi connectivity index (χ2n) is 5.94. The first kappa shape index (κ1) is 12.9. The number of hydrogen-bond donors (Lipinski definition) is 0. The number of amides is 1. The normalized spacial score (nSPS) is 20.3. The highest BCUT2D eigenvalue weighted by Crippen LogP contribution is 2.39. The summed E-state index contributed by atoms with van der Waals surface area (Å²) in [6.07, 6.45) is 0.627. The van der Waals surface area contributed by atoms with Gasteiger partial charge in [-0.25, -0.2) is 0 Å². The number of hydrogen-bond acceptors (Lipinski definition) is 2. The van der Waals surface area contributed by atoms with Crippen molar-refractivity contribution in [2.75, 3.05) is 18.6 Å². The van der Waals surface area contributed by atoms with Gasteiger partial charge in [0.2, 0.25) is 5.91 Å². The number of carbonyl (C=O) groups is 1. The van der Waals surface area contributed by atoms with Gasteiger partial charge in [-0.15, -0.1) is 0 Å². The Morgan fingerprint density at radius 3 is 2.50 bits per heavy atom. The fraction of sp³-hybridized carbons (Fsp3) is 0.533. The summed E-state index contributed by atoms with van der Waals surface area (Å²) in [6.45, 7) is 7.35. The third-order valence-corrected chi connectivity index (χ3v) is 3.73. The lowest BCUT2D eigenvalue weighted by Crippen LogP contribution is -2.27. The highest BCUT2D eigenvalue weighted by Gasteiger charge is 2.38. The zero-order chi connectivity index (χ0) is 13.3. The predicted octanol–water partition coefficient (Wildman–Crippen LogP) is 3.09.